The molecule has 2 aromatic rings. The molecule has 1 atom stereocenters. The number of thioether (sulfide) groups is 1. The van der Waals surface area contributed by atoms with Gasteiger partial charge in [0.2, 0.25) is 0 Å². The summed E-state index contributed by atoms with van der Waals surface area (Å²) in [6.07, 6.45) is 2.69. The second-order valence-electron chi connectivity index (χ2n) is 7.39. The van der Waals surface area contributed by atoms with Crippen LogP contribution in [0.2, 0.25) is 0 Å². The number of carboxylic acid groups (broad SMARTS) is 1. The van der Waals surface area contributed by atoms with Crippen LogP contribution in [0.4, 0.5) is 0 Å². The third-order valence-corrected chi connectivity index (χ3v) is 6.27. The highest BCUT2D eigenvalue weighted by Gasteiger charge is 2.28. The Kier molecular flexibility index (Phi) is 7.34. The second-order valence-corrected chi connectivity index (χ2v) is 8.24. The average molecular weight is 413 g/mol. The number of aliphatic carboxylic acids is 1. The summed E-state index contributed by atoms with van der Waals surface area (Å²) in [4.78, 5) is 29.4. The van der Waals surface area contributed by atoms with Crippen LogP contribution in [0.25, 0.3) is 0 Å². The number of hydrogen-bond acceptors (Lipinski definition) is 4. The highest BCUT2D eigenvalue weighted by Crippen LogP contribution is 2.28. The molecule has 0 radical (unpaired) electrons. The zero-order valence-electron chi connectivity index (χ0n) is 17.0. The molecule has 3 rings (SSSR count). The largest absolute Gasteiger partial charge is 0.481 e. The van der Waals surface area contributed by atoms with Crippen LogP contribution in [0.5, 0.6) is 0 Å². The van der Waals surface area contributed by atoms with Gasteiger partial charge in [-0.1, -0.05) is 42.0 Å². The quantitative estimate of drug-likeness (QED) is 0.695. The molecular formula is C23H28N2O3S. The standard InChI is InChI=1S/C23H28N2O3S/c1-17-7-9-18(10-8-17)20(11-12-22(26)27)24-13-15-25(16-14-24)23(28)19-5-3-4-6-21(19)29-2/h3-10,20H,11-16H2,1-2H3,(H,26,27)/t20-/m1/s1. The lowest BCUT2D eigenvalue weighted by Gasteiger charge is -2.39. The van der Waals surface area contributed by atoms with Crippen molar-refractivity contribution in [3.63, 3.8) is 0 Å². The molecule has 0 spiro atoms. The van der Waals surface area contributed by atoms with Crippen LogP contribution in [0, 0.1) is 6.92 Å². The van der Waals surface area contributed by atoms with Gasteiger partial charge in [-0.25, -0.2) is 0 Å². The zero-order valence-corrected chi connectivity index (χ0v) is 17.8. The number of carbonyl (C=O) groups is 2. The number of carbonyl (C=O) groups excluding carboxylic acids is 1. The Bertz CT molecular complexity index is 845. The summed E-state index contributed by atoms with van der Waals surface area (Å²) in [6.45, 7) is 4.83. The summed E-state index contributed by atoms with van der Waals surface area (Å²) in [6, 6.07) is 16.1. The summed E-state index contributed by atoms with van der Waals surface area (Å²) in [5, 5.41) is 9.17. The zero-order chi connectivity index (χ0) is 20.8. The van der Waals surface area contributed by atoms with Gasteiger partial charge < -0.3 is 10.0 Å². The molecule has 1 saturated heterocycles. The van der Waals surface area contributed by atoms with E-state index in [-0.39, 0.29) is 18.4 Å². The molecule has 154 valence electrons. The van der Waals surface area contributed by atoms with Crippen LogP contribution in [-0.2, 0) is 4.79 Å². The molecule has 2 aromatic carbocycles. The summed E-state index contributed by atoms with van der Waals surface area (Å²) in [5.41, 5.74) is 3.09. The Morgan fingerprint density at radius 3 is 2.31 bits per heavy atom. The fourth-order valence-electron chi connectivity index (χ4n) is 3.84. The molecule has 0 aliphatic carbocycles. The Morgan fingerprint density at radius 1 is 1.03 bits per heavy atom. The van der Waals surface area contributed by atoms with Gasteiger partial charge >= 0.3 is 5.97 Å². The Morgan fingerprint density at radius 2 is 1.69 bits per heavy atom. The van der Waals surface area contributed by atoms with Crippen molar-refractivity contribution in [2.45, 2.75) is 30.7 Å². The van der Waals surface area contributed by atoms with Gasteiger partial charge in [0.05, 0.1) is 5.56 Å². The maximum atomic E-state index is 13.0. The molecule has 1 fully saturated rings. The van der Waals surface area contributed by atoms with Crippen molar-refractivity contribution in [3.8, 4) is 0 Å². The minimum atomic E-state index is -0.774. The molecule has 0 bridgehead atoms. The lowest BCUT2D eigenvalue weighted by Crippen LogP contribution is -2.49. The van der Waals surface area contributed by atoms with Gasteiger partial charge in [-0.15, -0.1) is 11.8 Å². The average Bonchev–Trinajstić information content (AvgIpc) is 2.75. The molecule has 0 saturated carbocycles. The van der Waals surface area contributed by atoms with Crippen molar-refractivity contribution in [1.82, 2.24) is 9.80 Å². The molecule has 5 nitrogen and oxygen atoms in total. The van der Waals surface area contributed by atoms with Crippen molar-refractivity contribution in [2.24, 2.45) is 0 Å². The van der Waals surface area contributed by atoms with E-state index in [4.69, 9.17) is 5.11 Å². The number of aryl methyl sites for hydroxylation is 1. The van der Waals surface area contributed by atoms with Gasteiger partial charge in [0.25, 0.3) is 5.91 Å². The fraction of sp³-hybridized carbons (Fsp3) is 0.391. The molecule has 1 aliphatic rings. The first-order valence-corrected chi connectivity index (χ1v) is 11.2. The number of rotatable bonds is 7. The van der Waals surface area contributed by atoms with Crippen molar-refractivity contribution in [3.05, 3.63) is 65.2 Å². The normalized spacial score (nSPS) is 15.9. The molecule has 1 amide bonds. The minimum Gasteiger partial charge on any atom is -0.481 e. The van der Waals surface area contributed by atoms with E-state index in [1.54, 1.807) is 11.8 Å². The van der Waals surface area contributed by atoms with Crippen molar-refractivity contribution >= 4 is 23.6 Å². The van der Waals surface area contributed by atoms with Crippen molar-refractivity contribution < 1.29 is 14.7 Å². The monoisotopic (exact) mass is 412 g/mol. The number of benzene rings is 2. The summed E-state index contributed by atoms with van der Waals surface area (Å²) >= 11 is 1.59. The lowest BCUT2D eigenvalue weighted by molar-refractivity contribution is -0.137. The highest BCUT2D eigenvalue weighted by molar-refractivity contribution is 7.98. The van der Waals surface area contributed by atoms with Crippen molar-refractivity contribution in [2.75, 3.05) is 32.4 Å². The fourth-order valence-corrected chi connectivity index (χ4v) is 4.43. The molecule has 0 unspecified atom stereocenters. The first-order valence-electron chi connectivity index (χ1n) is 9.94. The molecule has 29 heavy (non-hydrogen) atoms. The van der Waals surface area contributed by atoms with E-state index >= 15 is 0 Å². The summed E-state index contributed by atoms with van der Waals surface area (Å²) < 4.78 is 0. The van der Waals surface area contributed by atoms with Crippen molar-refractivity contribution in [1.29, 1.82) is 0 Å². The molecule has 0 aromatic heterocycles. The van der Waals surface area contributed by atoms with Gasteiger partial charge in [0, 0.05) is 43.5 Å². The van der Waals surface area contributed by atoms with Crippen LogP contribution < -0.4 is 0 Å². The molecule has 1 aliphatic heterocycles. The van der Waals surface area contributed by atoms with Crippen LogP contribution in [0.1, 0.15) is 40.4 Å². The summed E-state index contributed by atoms with van der Waals surface area (Å²) in [5.74, 6) is -0.698. The highest BCUT2D eigenvalue weighted by atomic mass is 32.2. The van der Waals surface area contributed by atoms with E-state index in [0.29, 0.717) is 19.5 Å². The number of carboxylic acids is 1. The van der Waals surface area contributed by atoms with E-state index in [1.807, 2.05) is 42.3 Å². The van der Waals surface area contributed by atoms with Crippen LogP contribution >= 0.6 is 11.8 Å². The van der Waals surface area contributed by atoms with Crippen LogP contribution in [0.3, 0.4) is 0 Å². The first-order chi connectivity index (χ1) is 14.0. The van der Waals surface area contributed by atoms with E-state index < -0.39 is 5.97 Å². The van der Waals surface area contributed by atoms with E-state index in [1.165, 1.54) is 5.56 Å². The van der Waals surface area contributed by atoms with Gasteiger partial charge in [-0.05, 0) is 37.3 Å². The minimum absolute atomic E-state index is 0.0578. The number of amides is 1. The van der Waals surface area contributed by atoms with Gasteiger partial charge in [-0.2, -0.15) is 0 Å². The maximum Gasteiger partial charge on any atom is 0.303 e. The second kappa shape index (κ2) is 9.94. The lowest BCUT2D eigenvalue weighted by atomic mass is 9.98. The van der Waals surface area contributed by atoms with Crippen LogP contribution in [0.15, 0.2) is 53.4 Å². The maximum absolute atomic E-state index is 13.0. The van der Waals surface area contributed by atoms with Gasteiger partial charge in [-0.3, -0.25) is 14.5 Å². The Hall–Kier alpha value is -2.31. The third kappa shape index (κ3) is 5.40. The molecule has 1 heterocycles. The Balaban J connectivity index is 1.69. The van der Waals surface area contributed by atoms with E-state index in [0.717, 1.165) is 29.1 Å². The molecular weight excluding hydrogens is 384 g/mol. The topological polar surface area (TPSA) is 60.9 Å². The predicted molar refractivity (Wildman–Crippen MR) is 116 cm³/mol. The number of nitrogens with zero attached hydrogens (tertiary/aromatic N) is 2. The Labute approximate surface area is 176 Å². The van der Waals surface area contributed by atoms with Gasteiger partial charge in [0.1, 0.15) is 0 Å². The van der Waals surface area contributed by atoms with Crippen LogP contribution in [-0.4, -0.2) is 59.2 Å². The molecule has 1 N–H and O–H groups in total. The molecule has 6 heteroatoms. The van der Waals surface area contributed by atoms with Gasteiger partial charge in [0.15, 0.2) is 0 Å². The third-order valence-electron chi connectivity index (χ3n) is 5.47. The van der Waals surface area contributed by atoms with E-state index in [2.05, 4.69) is 29.2 Å². The smallest absolute Gasteiger partial charge is 0.303 e. The predicted octanol–water partition coefficient (Wildman–Crippen LogP) is 4.08. The SMILES string of the molecule is CSc1ccccc1C(=O)N1CCN([C@H](CCC(=O)O)c2ccc(C)cc2)CC1. The van der Waals surface area contributed by atoms with E-state index in [9.17, 15) is 9.59 Å². The number of hydrogen-bond donors (Lipinski definition) is 1. The number of piperazine rings is 1. The summed E-state index contributed by atoms with van der Waals surface area (Å²) in [7, 11) is 0. The first kappa shape index (κ1) is 21.4.